The molecule has 1 saturated heterocycles. The molecule has 1 fully saturated rings. The molecule has 0 N–H and O–H groups in total. The van der Waals surface area contributed by atoms with Crippen LogP contribution in [0.15, 0.2) is 48.5 Å². The zero-order valence-electron chi connectivity index (χ0n) is 15.4. The molecule has 1 aliphatic rings. The highest BCUT2D eigenvalue weighted by Crippen LogP contribution is 2.34. The van der Waals surface area contributed by atoms with Crippen molar-refractivity contribution in [3.8, 4) is 16.9 Å². The van der Waals surface area contributed by atoms with Crippen LogP contribution >= 0.6 is 0 Å². The van der Waals surface area contributed by atoms with Gasteiger partial charge in [0.1, 0.15) is 5.75 Å². The fourth-order valence-electron chi connectivity index (χ4n) is 3.38. The van der Waals surface area contributed by atoms with Gasteiger partial charge in [-0.05, 0) is 56.6 Å². The van der Waals surface area contributed by atoms with E-state index in [1.165, 1.54) is 36.1 Å². The van der Waals surface area contributed by atoms with Gasteiger partial charge in [0.15, 0.2) is 6.79 Å². The number of ether oxygens (including phenoxy) is 2. The molecular formula is C22H27NO2. The molecule has 3 rings (SSSR count). The summed E-state index contributed by atoms with van der Waals surface area (Å²) in [5, 5.41) is 0. The van der Waals surface area contributed by atoms with Gasteiger partial charge in [-0.1, -0.05) is 48.0 Å². The van der Waals surface area contributed by atoms with Crippen LogP contribution < -0.4 is 4.74 Å². The Hall–Kier alpha value is -2.10. The van der Waals surface area contributed by atoms with E-state index in [1.807, 2.05) is 6.07 Å². The lowest BCUT2D eigenvalue weighted by Crippen LogP contribution is -2.22. The van der Waals surface area contributed by atoms with Gasteiger partial charge in [-0.3, -0.25) is 4.90 Å². The number of rotatable bonds is 6. The highest BCUT2D eigenvalue weighted by Gasteiger charge is 2.18. The van der Waals surface area contributed by atoms with Crippen molar-refractivity contribution in [2.45, 2.75) is 25.8 Å². The van der Waals surface area contributed by atoms with E-state index in [0.29, 0.717) is 6.04 Å². The maximum absolute atomic E-state index is 5.79. The van der Waals surface area contributed by atoms with Crippen LogP contribution in [0, 0.1) is 6.92 Å². The van der Waals surface area contributed by atoms with Crippen LogP contribution in [0.3, 0.4) is 0 Å². The van der Waals surface area contributed by atoms with Gasteiger partial charge in [-0.25, -0.2) is 0 Å². The van der Waals surface area contributed by atoms with Crippen LogP contribution in [0.2, 0.25) is 0 Å². The molecular weight excluding hydrogens is 310 g/mol. The van der Waals surface area contributed by atoms with Gasteiger partial charge < -0.3 is 9.47 Å². The third-order valence-electron chi connectivity index (χ3n) is 4.79. The smallest absolute Gasteiger partial charge is 0.188 e. The molecule has 1 heterocycles. The molecule has 0 bridgehead atoms. The number of nitrogens with zero attached hydrogens (tertiary/aromatic N) is 1. The monoisotopic (exact) mass is 337 g/mol. The van der Waals surface area contributed by atoms with Gasteiger partial charge >= 0.3 is 0 Å². The Bertz CT molecular complexity index is 739. The van der Waals surface area contributed by atoms with Gasteiger partial charge in [0.2, 0.25) is 0 Å². The molecule has 0 radical (unpaired) electrons. The molecule has 2 aromatic carbocycles. The van der Waals surface area contributed by atoms with Crippen molar-refractivity contribution in [1.82, 2.24) is 4.90 Å². The maximum atomic E-state index is 5.79. The zero-order valence-corrected chi connectivity index (χ0v) is 15.4. The zero-order chi connectivity index (χ0) is 17.6. The molecule has 1 atom stereocenters. The molecule has 25 heavy (non-hydrogen) atoms. The van der Waals surface area contributed by atoms with Crippen molar-refractivity contribution in [3.05, 3.63) is 59.7 Å². The largest absolute Gasteiger partial charge is 0.467 e. The number of likely N-dealkylation sites (tertiary alicyclic amines) is 1. The van der Waals surface area contributed by atoms with Crippen molar-refractivity contribution in [2.24, 2.45) is 0 Å². The van der Waals surface area contributed by atoms with E-state index in [9.17, 15) is 0 Å². The van der Waals surface area contributed by atoms with Gasteiger partial charge in [-0.2, -0.15) is 0 Å². The Balaban J connectivity index is 1.95. The molecule has 1 aliphatic heterocycles. The summed E-state index contributed by atoms with van der Waals surface area (Å²) >= 11 is 0. The first-order valence-corrected chi connectivity index (χ1v) is 8.89. The first-order valence-electron chi connectivity index (χ1n) is 8.89. The highest BCUT2D eigenvalue weighted by molar-refractivity contribution is 5.79. The van der Waals surface area contributed by atoms with Crippen LogP contribution in [0.5, 0.6) is 5.75 Å². The van der Waals surface area contributed by atoms with Crippen LogP contribution in [0.1, 0.15) is 24.0 Å². The van der Waals surface area contributed by atoms with E-state index >= 15 is 0 Å². The SMILES string of the molecule is COCOc1ccc(C)cc1-c1ccccc1/C=C/C1CCCN1C. The average molecular weight is 337 g/mol. The second kappa shape index (κ2) is 8.32. The Morgan fingerprint density at radius 3 is 2.76 bits per heavy atom. The van der Waals surface area contributed by atoms with Crippen LogP contribution in [0.4, 0.5) is 0 Å². The molecule has 0 saturated carbocycles. The minimum absolute atomic E-state index is 0.251. The van der Waals surface area contributed by atoms with Crippen molar-refractivity contribution in [3.63, 3.8) is 0 Å². The molecule has 1 unspecified atom stereocenters. The number of hydrogen-bond acceptors (Lipinski definition) is 3. The number of hydrogen-bond donors (Lipinski definition) is 0. The fourth-order valence-corrected chi connectivity index (χ4v) is 3.38. The van der Waals surface area contributed by atoms with Gasteiger partial charge in [-0.15, -0.1) is 0 Å². The van der Waals surface area contributed by atoms with Crippen LogP contribution in [0.25, 0.3) is 17.2 Å². The lowest BCUT2D eigenvalue weighted by molar-refractivity contribution is 0.0515. The number of likely N-dealkylation sites (N-methyl/N-ethyl adjacent to an activating group) is 1. The lowest BCUT2D eigenvalue weighted by atomic mass is 9.96. The maximum Gasteiger partial charge on any atom is 0.188 e. The Kier molecular flexibility index (Phi) is 5.90. The summed E-state index contributed by atoms with van der Waals surface area (Å²) in [6.07, 6.45) is 7.10. The fraction of sp³-hybridized carbons (Fsp3) is 0.364. The molecule has 2 aromatic rings. The summed E-state index contributed by atoms with van der Waals surface area (Å²) in [6.45, 7) is 3.54. The van der Waals surface area contributed by atoms with Crippen LogP contribution in [-0.2, 0) is 4.74 Å². The molecule has 0 spiro atoms. The van der Waals surface area contributed by atoms with Gasteiger partial charge in [0, 0.05) is 18.7 Å². The second-order valence-electron chi connectivity index (χ2n) is 6.69. The van der Waals surface area contributed by atoms with E-state index in [4.69, 9.17) is 9.47 Å². The first kappa shape index (κ1) is 17.7. The average Bonchev–Trinajstić information content (AvgIpc) is 3.04. The number of methoxy groups -OCH3 is 1. The summed E-state index contributed by atoms with van der Waals surface area (Å²) < 4.78 is 10.9. The standard InChI is InChI=1S/C22H27NO2/c1-17-10-13-22(25-16-24-3)21(15-17)20-9-5-4-7-18(20)11-12-19-8-6-14-23(19)2/h4-5,7,9-13,15,19H,6,8,14,16H2,1-3H3/b12-11+. The Morgan fingerprint density at radius 2 is 2.00 bits per heavy atom. The normalized spacial score (nSPS) is 18.1. The summed E-state index contributed by atoms with van der Waals surface area (Å²) in [6, 6.07) is 15.3. The molecule has 3 heteroatoms. The number of benzene rings is 2. The summed E-state index contributed by atoms with van der Waals surface area (Å²) in [7, 11) is 3.84. The van der Waals surface area contributed by atoms with E-state index in [-0.39, 0.29) is 6.79 Å². The summed E-state index contributed by atoms with van der Waals surface area (Å²) in [5.74, 6) is 0.853. The van der Waals surface area contributed by atoms with Crippen LogP contribution in [-0.4, -0.2) is 38.4 Å². The van der Waals surface area contributed by atoms with E-state index in [1.54, 1.807) is 7.11 Å². The molecule has 0 amide bonds. The van der Waals surface area contributed by atoms with Crippen molar-refractivity contribution in [1.29, 1.82) is 0 Å². The van der Waals surface area contributed by atoms with E-state index < -0.39 is 0 Å². The van der Waals surface area contributed by atoms with Crippen molar-refractivity contribution >= 4 is 6.08 Å². The van der Waals surface area contributed by atoms with Gasteiger partial charge in [0.05, 0.1) is 0 Å². The van der Waals surface area contributed by atoms with Crippen molar-refractivity contribution in [2.75, 3.05) is 27.5 Å². The quantitative estimate of drug-likeness (QED) is 0.710. The molecule has 0 aromatic heterocycles. The lowest BCUT2D eigenvalue weighted by Gasteiger charge is -2.16. The molecule has 0 aliphatic carbocycles. The predicted molar refractivity (Wildman–Crippen MR) is 104 cm³/mol. The minimum atomic E-state index is 0.251. The summed E-state index contributed by atoms with van der Waals surface area (Å²) in [5.41, 5.74) is 4.73. The molecule has 132 valence electrons. The Labute approximate surface area is 150 Å². The minimum Gasteiger partial charge on any atom is -0.467 e. The Morgan fingerprint density at radius 1 is 1.16 bits per heavy atom. The third-order valence-corrected chi connectivity index (χ3v) is 4.79. The topological polar surface area (TPSA) is 21.7 Å². The number of aryl methyl sites for hydroxylation is 1. The molecule has 3 nitrogen and oxygen atoms in total. The van der Waals surface area contributed by atoms with E-state index in [0.717, 1.165) is 11.3 Å². The van der Waals surface area contributed by atoms with Crippen molar-refractivity contribution < 1.29 is 9.47 Å². The first-order chi connectivity index (χ1) is 12.2. The van der Waals surface area contributed by atoms with Gasteiger partial charge in [0.25, 0.3) is 0 Å². The predicted octanol–water partition coefficient (Wildman–Crippen LogP) is 4.75. The third kappa shape index (κ3) is 4.30. The summed E-state index contributed by atoms with van der Waals surface area (Å²) in [4.78, 5) is 2.42. The highest BCUT2D eigenvalue weighted by atomic mass is 16.7. The van der Waals surface area contributed by atoms with E-state index in [2.05, 4.69) is 67.4 Å². The second-order valence-corrected chi connectivity index (χ2v) is 6.69.